The number of amides is 2. The largest absolute Gasteiger partial charge is 0.371 e. The summed E-state index contributed by atoms with van der Waals surface area (Å²) in [5.74, 6) is -0.0629. The molecule has 0 aromatic carbocycles. The molecule has 6 nitrogen and oxygen atoms in total. The topological polar surface area (TPSA) is 62.7 Å². The van der Waals surface area contributed by atoms with Crippen molar-refractivity contribution in [1.29, 1.82) is 0 Å². The molecule has 1 aromatic heterocycles. The number of nitrogens with zero attached hydrogens (tertiary/aromatic N) is 3. The van der Waals surface area contributed by atoms with Gasteiger partial charge in [0.05, 0.1) is 30.4 Å². The van der Waals surface area contributed by atoms with Crippen molar-refractivity contribution in [2.75, 3.05) is 26.2 Å². The number of morpholine rings is 1. The molecule has 25 heavy (non-hydrogen) atoms. The molecular formula is C19H25N3O3. The van der Waals surface area contributed by atoms with Gasteiger partial charge in [0.1, 0.15) is 0 Å². The molecule has 1 atom stereocenters. The first-order chi connectivity index (χ1) is 12.2. The van der Waals surface area contributed by atoms with Crippen LogP contribution in [0.5, 0.6) is 0 Å². The van der Waals surface area contributed by atoms with Gasteiger partial charge in [0, 0.05) is 32.3 Å². The molecule has 2 saturated heterocycles. The number of rotatable bonds is 3. The van der Waals surface area contributed by atoms with Crippen molar-refractivity contribution in [3.05, 3.63) is 30.1 Å². The van der Waals surface area contributed by atoms with Gasteiger partial charge < -0.3 is 14.5 Å². The maximum absolute atomic E-state index is 13.0. The van der Waals surface area contributed by atoms with E-state index in [2.05, 4.69) is 4.98 Å². The van der Waals surface area contributed by atoms with E-state index in [9.17, 15) is 9.59 Å². The van der Waals surface area contributed by atoms with Gasteiger partial charge in [-0.05, 0) is 25.0 Å². The summed E-state index contributed by atoms with van der Waals surface area (Å²) < 4.78 is 6.01. The smallest absolute Gasteiger partial charge is 0.228 e. The molecule has 1 spiro atoms. The van der Waals surface area contributed by atoms with E-state index < -0.39 is 0 Å². The van der Waals surface area contributed by atoms with Crippen molar-refractivity contribution in [3.63, 3.8) is 0 Å². The Kier molecular flexibility index (Phi) is 4.46. The quantitative estimate of drug-likeness (QED) is 0.836. The predicted molar refractivity (Wildman–Crippen MR) is 91.5 cm³/mol. The number of hydrogen-bond donors (Lipinski definition) is 0. The average molecular weight is 343 g/mol. The zero-order chi connectivity index (χ0) is 17.3. The van der Waals surface area contributed by atoms with Gasteiger partial charge >= 0.3 is 0 Å². The van der Waals surface area contributed by atoms with Crippen LogP contribution in [-0.2, 0) is 20.9 Å². The molecular weight excluding hydrogens is 318 g/mol. The summed E-state index contributed by atoms with van der Waals surface area (Å²) in [4.78, 5) is 33.3. The Morgan fingerprint density at radius 2 is 2.16 bits per heavy atom. The maximum atomic E-state index is 13.0. The summed E-state index contributed by atoms with van der Waals surface area (Å²) in [6, 6.07) is 5.69. The first kappa shape index (κ1) is 16.5. The first-order valence-electron chi connectivity index (χ1n) is 9.26. The fraction of sp³-hybridized carbons (Fsp3) is 0.632. The van der Waals surface area contributed by atoms with Gasteiger partial charge in [-0.2, -0.15) is 0 Å². The predicted octanol–water partition coefficient (Wildman–Crippen LogP) is 1.60. The zero-order valence-corrected chi connectivity index (χ0v) is 14.5. The van der Waals surface area contributed by atoms with Crippen LogP contribution in [0.3, 0.4) is 0 Å². The van der Waals surface area contributed by atoms with Gasteiger partial charge in [0.15, 0.2) is 0 Å². The van der Waals surface area contributed by atoms with Gasteiger partial charge in [-0.15, -0.1) is 0 Å². The van der Waals surface area contributed by atoms with Crippen LogP contribution in [0.2, 0.25) is 0 Å². The van der Waals surface area contributed by atoms with Crippen LogP contribution >= 0.6 is 0 Å². The van der Waals surface area contributed by atoms with Crippen LogP contribution in [-0.4, -0.2) is 58.4 Å². The van der Waals surface area contributed by atoms with E-state index >= 15 is 0 Å². The van der Waals surface area contributed by atoms with E-state index in [-0.39, 0.29) is 23.3 Å². The van der Waals surface area contributed by atoms with E-state index in [1.54, 1.807) is 11.1 Å². The number of ether oxygens (including phenoxy) is 1. The third-order valence-electron chi connectivity index (χ3n) is 5.72. The fourth-order valence-corrected chi connectivity index (χ4v) is 4.39. The molecule has 0 N–H and O–H groups in total. The van der Waals surface area contributed by atoms with Crippen molar-refractivity contribution in [3.8, 4) is 0 Å². The highest BCUT2D eigenvalue weighted by molar-refractivity contribution is 5.89. The summed E-state index contributed by atoms with van der Waals surface area (Å²) in [7, 11) is 0. The molecule has 1 aromatic rings. The summed E-state index contributed by atoms with van der Waals surface area (Å²) in [5.41, 5.74) is 0.740. The number of pyridine rings is 1. The monoisotopic (exact) mass is 343 g/mol. The van der Waals surface area contributed by atoms with Crippen LogP contribution < -0.4 is 0 Å². The average Bonchev–Trinajstić information content (AvgIpc) is 3.22. The van der Waals surface area contributed by atoms with Crippen molar-refractivity contribution >= 4 is 11.8 Å². The molecule has 1 aliphatic carbocycles. The second kappa shape index (κ2) is 6.75. The highest BCUT2D eigenvalue weighted by atomic mass is 16.5. The van der Waals surface area contributed by atoms with Crippen molar-refractivity contribution in [1.82, 2.24) is 14.8 Å². The number of carbonyl (C=O) groups excluding carboxylic acids is 2. The number of aromatic nitrogens is 1. The Labute approximate surface area is 148 Å². The molecule has 1 saturated carbocycles. The maximum Gasteiger partial charge on any atom is 0.228 e. The molecule has 0 unspecified atom stereocenters. The third kappa shape index (κ3) is 3.40. The Morgan fingerprint density at radius 3 is 2.92 bits per heavy atom. The summed E-state index contributed by atoms with van der Waals surface area (Å²) >= 11 is 0. The van der Waals surface area contributed by atoms with Gasteiger partial charge in [0.2, 0.25) is 11.8 Å². The van der Waals surface area contributed by atoms with E-state index in [1.807, 2.05) is 23.1 Å². The molecule has 3 heterocycles. The molecule has 0 bridgehead atoms. The minimum Gasteiger partial charge on any atom is -0.371 e. The lowest BCUT2D eigenvalue weighted by Crippen LogP contribution is -2.53. The van der Waals surface area contributed by atoms with Crippen LogP contribution in [0.1, 0.15) is 37.8 Å². The molecule has 134 valence electrons. The highest BCUT2D eigenvalue weighted by Gasteiger charge is 2.43. The molecule has 2 aliphatic heterocycles. The Balaban J connectivity index is 1.38. The SMILES string of the molecule is O=C1C[C@H](C(=O)N2CCOC3(CCCC3)C2)CN1Cc1ccccn1. The van der Waals surface area contributed by atoms with Crippen LogP contribution in [0.15, 0.2) is 24.4 Å². The number of carbonyl (C=O) groups is 2. The molecule has 3 fully saturated rings. The fourth-order valence-electron chi connectivity index (χ4n) is 4.39. The van der Waals surface area contributed by atoms with E-state index in [0.29, 0.717) is 39.2 Å². The zero-order valence-electron chi connectivity index (χ0n) is 14.5. The molecule has 4 rings (SSSR count). The Morgan fingerprint density at radius 1 is 1.32 bits per heavy atom. The highest BCUT2D eigenvalue weighted by Crippen LogP contribution is 2.36. The summed E-state index contributed by atoms with van der Waals surface area (Å²) in [6.45, 7) is 2.93. The Hall–Kier alpha value is -1.95. The van der Waals surface area contributed by atoms with E-state index in [4.69, 9.17) is 4.74 Å². The Bertz CT molecular complexity index is 643. The van der Waals surface area contributed by atoms with Gasteiger partial charge in [0.25, 0.3) is 0 Å². The standard InChI is InChI=1S/C19H25N3O3/c23-17-11-15(12-22(17)13-16-5-1-4-8-20-16)18(24)21-9-10-25-19(14-21)6-2-3-7-19/h1,4-5,8,15H,2-3,6-7,9-14H2/t15-/m0/s1. The number of hydrogen-bond acceptors (Lipinski definition) is 4. The van der Waals surface area contributed by atoms with Crippen molar-refractivity contribution in [2.45, 2.75) is 44.2 Å². The lowest BCUT2D eigenvalue weighted by molar-refractivity contribution is -0.153. The lowest BCUT2D eigenvalue weighted by atomic mass is 9.98. The third-order valence-corrected chi connectivity index (χ3v) is 5.72. The molecule has 6 heteroatoms. The van der Waals surface area contributed by atoms with Crippen LogP contribution in [0.25, 0.3) is 0 Å². The lowest BCUT2D eigenvalue weighted by Gasteiger charge is -2.41. The van der Waals surface area contributed by atoms with E-state index in [1.165, 1.54) is 12.8 Å². The normalized spacial score (nSPS) is 25.8. The van der Waals surface area contributed by atoms with Crippen LogP contribution in [0, 0.1) is 5.92 Å². The minimum absolute atomic E-state index is 0.0489. The second-order valence-electron chi connectivity index (χ2n) is 7.49. The first-order valence-corrected chi connectivity index (χ1v) is 9.26. The van der Waals surface area contributed by atoms with Gasteiger partial charge in [-0.1, -0.05) is 18.9 Å². The van der Waals surface area contributed by atoms with Crippen molar-refractivity contribution < 1.29 is 14.3 Å². The number of likely N-dealkylation sites (tertiary alicyclic amines) is 1. The van der Waals surface area contributed by atoms with Gasteiger partial charge in [-0.25, -0.2) is 0 Å². The minimum atomic E-state index is -0.229. The summed E-state index contributed by atoms with van der Waals surface area (Å²) in [6.07, 6.45) is 6.51. The molecule has 3 aliphatic rings. The van der Waals surface area contributed by atoms with E-state index in [0.717, 1.165) is 18.5 Å². The molecule has 2 amide bonds. The van der Waals surface area contributed by atoms with Gasteiger partial charge in [-0.3, -0.25) is 14.6 Å². The van der Waals surface area contributed by atoms with Crippen molar-refractivity contribution in [2.24, 2.45) is 5.92 Å². The molecule has 0 radical (unpaired) electrons. The van der Waals surface area contributed by atoms with Crippen LogP contribution in [0.4, 0.5) is 0 Å². The summed E-state index contributed by atoms with van der Waals surface area (Å²) in [5, 5.41) is 0. The second-order valence-corrected chi connectivity index (χ2v) is 7.49.